The standard InChI is InChI=1S/C25H25N7O5S/c1-3-37-6-4-5-18(33)16-10-31(11-16)19-7-14(2)20-21(34)17(24(35)36)12-32(23(20)28-19)25-29-22(30-38-25)15-8-26-13-27-9-15/h7-9,12-13,16H,3-6,10-11H2,1-2H3,(H,35,36). The molecule has 12 nitrogen and oxygen atoms in total. The van der Waals surface area contributed by atoms with Gasteiger partial charge in [-0.05, 0) is 31.9 Å². The second kappa shape index (κ2) is 10.7. The van der Waals surface area contributed by atoms with Gasteiger partial charge in [-0.1, -0.05) is 0 Å². The highest BCUT2D eigenvalue weighted by molar-refractivity contribution is 7.08. The molecule has 0 aliphatic carbocycles. The van der Waals surface area contributed by atoms with Crippen molar-refractivity contribution >= 4 is 40.1 Å². The minimum atomic E-state index is -1.34. The summed E-state index contributed by atoms with van der Waals surface area (Å²) in [6.45, 7) is 5.93. The summed E-state index contributed by atoms with van der Waals surface area (Å²) in [5, 5.41) is 10.2. The maximum Gasteiger partial charge on any atom is 0.341 e. The van der Waals surface area contributed by atoms with Crippen molar-refractivity contribution in [1.82, 2.24) is 28.9 Å². The topological polar surface area (TPSA) is 153 Å². The highest BCUT2D eigenvalue weighted by Gasteiger charge is 2.33. The number of aryl methyl sites for hydroxylation is 1. The van der Waals surface area contributed by atoms with Crippen LogP contribution in [0.25, 0.3) is 27.6 Å². The third kappa shape index (κ3) is 4.89. The van der Waals surface area contributed by atoms with E-state index in [1.807, 2.05) is 11.8 Å². The van der Waals surface area contributed by atoms with Crippen molar-refractivity contribution in [1.29, 1.82) is 0 Å². The smallest absolute Gasteiger partial charge is 0.341 e. The summed E-state index contributed by atoms with van der Waals surface area (Å²) in [6, 6.07) is 1.75. The number of carbonyl (C=O) groups is 2. The van der Waals surface area contributed by atoms with Crippen molar-refractivity contribution in [3.8, 4) is 16.5 Å². The predicted octanol–water partition coefficient (Wildman–Crippen LogP) is 2.52. The lowest BCUT2D eigenvalue weighted by molar-refractivity contribution is -0.123. The van der Waals surface area contributed by atoms with Crippen LogP contribution in [0.4, 0.5) is 5.82 Å². The first-order valence-electron chi connectivity index (χ1n) is 12.1. The van der Waals surface area contributed by atoms with Crippen LogP contribution in [0.15, 0.2) is 35.8 Å². The second-order valence-corrected chi connectivity index (χ2v) is 9.67. The molecule has 0 atom stereocenters. The number of carboxylic acid groups (broad SMARTS) is 1. The van der Waals surface area contributed by atoms with Crippen molar-refractivity contribution in [2.75, 3.05) is 31.2 Å². The molecule has 38 heavy (non-hydrogen) atoms. The Morgan fingerprint density at radius 3 is 2.68 bits per heavy atom. The molecule has 4 aromatic rings. The number of hydrogen-bond acceptors (Lipinski definition) is 11. The van der Waals surface area contributed by atoms with Gasteiger partial charge >= 0.3 is 5.97 Å². The number of Topliss-reactive ketones (excluding diaryl/α,β-unsaturated/α-hetero) is 1. The molecule has 0 unspecified atom stereocenters. The van der Waals surface area contributed by atoms with E-state index in [0.717, 1.165) is 11.5 Å². The minimum absolute atomic E-state index is 0.0789. The molecule has 1 aliphatic rings. The first-order valence-corrected chi connectivity index (χ1v) is 12.9. The SMILES string of the molecule is CCOCCCC(=O)C1CN(c2cc(C)c3c(=O)c(C(=O)O)cn(-c4nc(-c5cncnc5)ns4)c3n2)C1. The number of fused-ring (bicyclic) bond motifs is 1. The maximum atomic E-state index is 13.1. The molecule has 13 heteroatoms. The van der Waals surface area contributed by atoms with Gasteiger partial charge < -0.3 is 14.7 Å². The third-order valence-electron chi connectivity index (χ3n) is 6.39. The molecule has 0 spiro atoms. The van der Waals surface area contributed by atoms with E-state index >= 15 is 0 Å². The fourth-order valence-corrected chi connectivity index (χ4v) is 5.02. The summed E-state index contributed by atoms with van der Waals surface area (Å²) in [5.41, 5.74) is 0.443. The number of ketones is 1. The largest absolute Gasteiger partial charge is 0.477 e. The molecular weight excluding hydrogens is 510 g/mol. The summed E-state index contributed by atoms with van der Waals surface area (Å²) in [7, 11) is 0. The van der Waals surface area contributed by atoms with Gasteiger partial charge in [0.15, 0.2) is 11.5 Å². The average molecular weight is 536 g/mol. The normalized spacial score (nSPS) is 13.6. The average Bonchev–Trinajstić information content (AvgIpc) is 3.36. The van der Waals surface area contributed by atoms with Gasteiger partial charge in [0, 0.05) is 62.8 Å². The monoisotopic (exact) mass is 535 g/mol. The van der Waals surface area contributed by atoms with Gasteiger partial charge in [-0.2, -0.15) is 9.36 Å². The van der Waals surface area contributed by atoms with Crippen molar-refractivity contribution < 1.29 is 19.4 Å². The van der Waals surface area contributed by atoms with Crippen LogP contribution in [0.5, 0.6) is 0 Å². The van der Waals surface area contributed by atoms with Crippen LogP contribution >= 0.6 is 11.5 Å². The highest BCUT2D eigenvalue weighted by atomic mass is 32.1. The summed E-state index contributed by atoms with van der Waals surface area (Å²) >= 11 is 1.04. The Balaban J connectivity index is 1.49. The predicted molar refractivity (Wildman–Crippen MR) is 140 cm³/mol. The fourth-order valence-electron chi connectivity index (χ4n) is 4.35. The van der Waals surface area contributed by atoms with Crippen LogP contribution in [0.1, 0.15) is 35.7 Å². The van der Waals surface area contributed by atoms with Crippen LogP contribution in [0, 0.1) is 12.8 Å². The maximum absolute atomic E-state index is 13.1. The molecule has 1 fully saturated rings. The van der Waals surface area contributed by atoms with Crippen LogP contribution < -0.4 is 10.3 Å². The number of carbonyl (C=O) groups excluding carboxylic acids is 1. The zero-order valence-electron chi connectivity index (χ0n) is 20.8. The molecule has 196 valence electrons. The Kier molecular flexibility index (Phi) is 7.20. The lowest BCUT2D eigenvalue weighted by atomic mass is 9.92. The van der Waals surface area contributed by atoms with Crippen molar-refractivity contribution in [2.24, 2.45) is 5.92 Å². The fraction of sp³-hybridized carbons (Fsp3) is 0.360. The number of pyridine rings is 2. The van der Waals surface area contributed by atoms with Crippen LogP contribution in [-0.2, 0) is 9.53 Å². The van der Waals surface area contributed by atoms with Crippen molar-refractivity contribution in [3.63, 3.8) is 0 Å². The number of rotatable bonds is 10. The molecular formula is C25H25N7O5S. The molecule has 0 amide bonds. The second-order valence-electron chi connectivity index (χ2n) is 8.94. The van der Waals surface area contributed by atoms with Gasteiger partial charge in [0.2, 0.25) is 10.6 Å². The number of hydrogen-bond donors (Lipinski definition) is 1. The summed E-state index contributed by atoms with van der Waals surface area (Å²) < 4.78 is 11.2. The lowest BCUT2D eigenvalue weighted by Crippen LogP contribution is -2.51. The van der Waals surface area contributed by atoms with Gasteiger partial charge in [-0.25, -0.2) is 19.7 Å². The summed E-state index contributed by atoms with van der Waals surface area (Å²) in [6.07, 6.45) is 6.96. The molecule has 1 saturated heterocycles. The molecule has 0 saturated carbocycles. The van der Waals surface area contributed by atoms with E-state index in [1.54, 1.807) is 25.4 Å². The van der Waals surface area contributed by atoms with Crippen LogP contribution in [-0.4, -0.2) is 72.0 Å². The highest BCUT2D eigenvalue weighted by Crippen LogP contribution is 2.29. The van der Waals surface area contributed by atoms with Gasteiger partial charge in [0.05, 0.1) is 16.9 Å². The number of carboxylic acids is 1. The lowest BCUT2D eigenvalue weighted by Gasteiger charge is -2.39. The Morgan fingerprint density at radius 2 is 1.97 bits per heavy atom. The third-order valence-corrected chi connectivity index (χ3v) is 7.11. The number of nitrogens with zero attached hydrogens (tertiary/aromatic N) is 7. The molecule has 0 bridgehead atoms. The number of aromatic carboxylic acids is 1. The molecule has 5 heterocycles. The molecule has 0 radical (unpaired) electrons. The van der Waals surface area contributed by atoms with Crippen LogP contribution in [0.2, 0.25) is 0 Å². The summed E-state index contributed by atoms with van der Waals surface area (Å²) in [5.74, 6) is -0.247. The zero-order chi connectivity index (χ0) is 26.8. The number of ether oxygens (including phenoxy) is 1. The van der Waals surface area contributed by atoms with E-state index in [9.17, 15) is 19.5 Å². The number of aromatic nitrogens is 6. The van der Waals surface area contributed by atoms with E-state index in [1.165, 1.54) is 17.1 Å². The first kappa shape index (κ1) is 25.5. The molecule has 1 aliphatic heterocycles. The van der Waals surface area contributed by atoms with E-state index in [0.29, 0.717) is 67.0 Å². The van der Waals surface area contributed by atoms with E-state index in [2.05, 4.69) is 19.3 Å². The molecule has 1 N–H and O–H groups in total. The number of anilines is 1. The van der Waals surface area contributed by atoms with Gasteiger partial charge in [0.25, 0.3) is 0 Å². The van der Waals surface area contributed by atoms with Gasteiger partial charge in [-0.15, -0.1) is 0 Å². The van der Waals surface area contributed by atoms with Crippen molar-refractivity contribution in [3.05, 3.63) is 52.3 Å². The van der Waals surface area contributed by atoms with Gasteiger partial charge in [0.1, 0.15) is 23.5 Å². The van der Waals surface area contributed by atoms with E-state index in [4.69, 9.17) is 9.72 Å². The Labute approximate surface area is 221 Å². The van der Waals surface area contributed by atoms with E-state index in [-0.39, 0.29) is 22.7 Å². The molecule has 5 rings (SSSR count). The Morgan fingerprint density at radius 1 is 1.21 bits per heavy atom. The first-order chi connectivity index (χ1) is 18.4. The molecule has 0 aromatic carbocycles. The van der Waals surface area contributed by atoms with E-state index < -0.39 is 17.0 Å². The van der Waals surface area contributed by atoms with Crippen molar-refractivity contribution in [2.45, 2.75) is 26.7 Å². The molecule has 4 aromatic heterocycles. The Bertz CT molecular complexity index is 1560. The minimum Gasteiger partial charge on any atom is -0.477 e. The quantitative estimate of drug-likeness (QED) is 0.298. The summed E-state index contributed by atoms with van der Waals surface area (Å²) in [4.78, 5) is 56.7. The van der Waals surface area contributed by atoms with Gasteiger partial charge in [-0.3, -0.25) is 14.2 Å². The van der Waals surface area contributed by atoms with Crippen LogP contribution in [0.3, 0.4) is 0 Å². The zero-order valence-corrected chi connectivity index (χ0v) is 21.6. The Hall–Kier alpha value is -4.10.